The van der Waals surface area contributed by atoms with Crippen molar-refractivity contribution in [1.82, 2.24) is 10.6 Å². The van der Waals surface area contributed by atoms with Gasteiger partial charge in [0.25, 0.3) is 0 Å². The Bertz CT molecular complexity index is 193. The molecule has 0 aliphatic heterocycles. The van der Waals surface area contributed by atoms with Gasteiger partial charge in [-0.1, -0.05) is 13.8 Å². The topological polar surface area (TPSA) is 33.3 Å². The third-order valence-corrected chi connectivity index (χ3v) is 3.18. The van der Waals surface area contributed by atoms with E-state index in [2.05, 4.69) is 31.4 Å². The molecule has 0 aliphatic carbocycles. The number of nitrogens with one attached hydrogen (secondary N) is 2. The molecule has 4 heteroatoms. The Kier molecular flexibility index (Phi) is 8.57. The molecule has 0 aromatic carbocycles. The number of rotatable bonds is 8. The molecule has 0 aliphatic rings. The lowest BCUT2D eigenvalue weighted by atomic mass is 9.96. The van der Waals surface area contributed by atoms with Crippen molar-refractivity contribution in [2.75, 3.05) is 19.8 Å². The highest BCUT2D eigenvalue weighted by Crippen LogP contribution is 2.12. The molecular formula is C12H26N2OS. The molecule has 2 N–H and O–H groups in total. The van der Waals surface area contributed by atoms with Crippen LogP contribution in [0.3, 0.4) is 0 Å². The number of hydrogen-bond acceptors (Lipinski definition) is 2. The van der Waals surface area contributed by atoms with Crippen molar-refractivity contribution in [3.8, 4) is 0 Å². The molecule has 0 fully saturated rings. The summed E-state index contributed by atoms with van der Waals surface area (Å²) >= 11 is 5.25. The lowest BCUT2D eigenvalue weighted by molar-refractivity contribution is 0.145. The fourth-order valence-corrected chi connectivity index (χ4v) is 1.61. The van der Waals surface area contributed by atoms with Crippen LogP contribution in [0.1, 0.15) is 47.0 Å². The van der Waals surface area contributed by atoms with Crippen LogP contribution in [0.4, 0.5) is 0 Å². The van der Waals surface area contributed by atoms with Crippen LogP contribution in [0.25, 0.3) is 0 Å². The average Bonchev–Trinajstić information content (AvgIpc) is 2.28. The molecule has 0 heterocycles. The lowest BCUT2D eigenvalue weighted by Gasteiger charge is -2.29. The molecule has 0 aromatic heterocycles. The van der Waals surface area contributed by atoms with Crippen molar-refractivity contribution in [2.45, 2.75) is 52.5 Å². The average molecular weight is 246 g/mol. The van der Waals surface area contributed by atoms with Gasteiger partial charge in [0, 0.05) is 25.3 Å². The molecule has 0 atom stereocenters. The van der Waals surface area contributed by atoms with E-state index in [1.54, 1.807) is 0 Å². The molecule has 3 nitrogen and oxygen atoms in total. The van der Waals surface area contributed by atoms with Crippen LogP contribution in [0.5, 0.6) is 0 Å². The van der Waals surface area contributed by atoms with Gasteiger partial charge in [0.15, 0.2) is 5.11 Å². The standard InChI is InChI=1S/C12H26N2OS/c1-5-12(4,6-2)14-11(16)13-9-8-10-15-7-3/h5-10H2,1-4H3,(H2,13,14,16). The second kappa shape index (κ2) is 8.76. The fraction of sp³-hybridized carbons (Fsp3) is 0.917. The summed E-state index contributed by atoms with van der Waals surface area (Å²) in [5, 5.41) is 7.32. The van der Waals surface area contributed by atoms with E-state index >= 15 is 0 Å². The van der Waals surface area contributed by atoms with Gasteiger partial charge in [0.1, 0.15) is 0 Å². The zero-order chi connectivity index (χ0) is 12.4. The fourth-order valence-electron chi connectivity index (χ4n) is 1.27. The predicted molar refractivity (Wildman–Crippen MR) is 73.8 cm³/mol. The van der Waals surface area contributed by atoms with Gasteiger partial charge >= 0.3 is 0 Å². The summed E-state index contributed by atoms with van der Waals surface area (Å²) in [6.07, 6.45) is 3.14. The van der Waals surface area contributed by atoms with Gasteiger partial charge in [0.05, 0.1) is 0 Å². The Morgan fingerprint density at radius 3 is 2.38 bits per heavy atom. The summed E-state index contributed by atoms with van der Waals surface area (Å²) in [6.45, 7) is 11.0. The quantitative estimate of drug-likeness (QED) is 0.509. The van der Waals surface area contributed by atoms with E-state index < -0.39 is 0 Å². The van der Waals surface area contributed by atoms with Gasteiger partial charge in [-0.25, -0.2) is 0 Å². The third-order valence-electron chi connectivity index (χ3n) is 2.93. The van der Waals surface area contributed by atoms with E-state index in [1.165, 1.54) is 0 Å². The Hall–Kier alpha value is -0.350. The Labute approximate surface area is 105 Å². The maximum absolute atomic E-state index is 5.25. The van der Waals surface area contributed by atoms with Gasteiger partial charge < -0.3 is 15.4 Å². The predicted octanol–water partition coefficient (Wildman–Crippen LogP) is 2.46. The van der Waals surface area contributed by atoms with Gasteiger partial charge in [-0.05, 0) is 45.3 Å². The van der Waals surface area contributed by atoms with Crippen LogP contribution in [0, 0.1) is 0 Å². The van der Waals surface area contributed by atoms with Crippen LogP contribution in [0.2, 0.25) is 0 Å². The first-order chi connectivity index (χ1) is 7.58. The maximum atomic E-state index is 5.25. The van der Waals surface area contributed by atoms with Crippen LogP contribution in [-0.4, -0.2) is 30.4 Å². The van der Waals surface area contributed by atoms with Crippen LogP contribution >= 0.6 is 12.2 Å². The van der Waals surface area contributed by atoms with Crippen molar-refractivity contribution in [1.29, 1.82) is 0 Å². The third kappa shape index (κ3) is 7.01. The number of ether oxygens (including phenoxy) is 1. The summed E-state index contributed by atoms with van der Waals surface area (Å²) in [6, 6.07) is 0. The van der Waals surface area contributed by atoms with Crippen molar-refractivity contribution in [2.24, 2.45) is 0 Å². The molecule has 0 radical (unpaired) electrons. The normalized spacial score (nSPS) is 11.2. The minimum Gasteiger partial charge on any atom is -0.382 e. The van der Waals surface area contributed by atoms with Crippen molar-refractivity contribution in [3.05, 3.63) is 0 Å². The zero-order valence-electron chi connectivity index (χ0n) is 11.1. The number of thiocarbonyl (C=S) groups is 1. The van der Waals surface area contributed by atoms with Crippen molar-refractivity contribution < 1.29 is 4.74 Å². The zero-order valence-corrected chi connectivity index (χ0v) is 11.9. The summed E-state index contributed by atoms with van der Waals surface area (Å²) in [7, 11) is 0. The van der Waals surface area contributed by atoms with E-state index in [9.17, 15) is 0 Å². The molecule has 0 rings (SSSR count). The largest absolute Gasteiger partial charge is 0.382 e. The Balaban J connectivity index is 3.65. The molecule has 0 unspecified atom stereocenters. The summed E-state index contributed by atoms with van der Waals surface area (Å²) in [5.74, 6) is 0. The minimum atomic E-state index is 0.115. The molecule has 0 spiro atoms. The highest BCUT2D eigenvalue weighted by Gasteiger charge is 2.19. The van der Waals surface area contributed by atoms with Gasteiger partial charge in [-0.3, -0.25) is 0 Å². The molecule has 0 saturated heterocycles. The molecule has 0 saturated carbocycles. The van der Waals surface area contributed by atoms with Crippen LogP contribution in [-0.2, 0) is 4.74 Å². The summed E-state index contributed by atoms with van der Waals surface area (Å²) < 4.78 is 5.25. The molecule has 96 valence electrons. The SMILES string of the molecule is CCOCCCNC(=S)NC(C)(CC)CC. The molecule has 0 aromatic rings. The van der Waals surface area contributed by atoms with Gasteiger partial charge in [-0.15, -0.1) is 0 Å². The van der Waals surface area contributed by atoms with Gasteiger partial charge in [0.2, 0.25) is 0 Å². The van der Waals surface area contributed by atoms with Crippen molar-refractivity contribution in [3.63, 3.8) is 0 Å². The first kappa shape index (κ1) is 15.7. The molecule has 16 heavy (non-hydrogen) atoms. The van der Waals surface area contributed by atoms with E-state index in [4.69, 9.17) is 17.0 Å². The number of hydrogen-bond donors (Lipinski definition) is 2. The van der Waals surface area contributed by atoms with E-state index in [1.807, 2.05) is 6.92 Å². The maximum Gasteiger partial charge on any atom is 0.166 e. The lowest BCUT2D eigenvalue weighted by Crippen LogP contribution is -2.49. The van der Waals surface area contributed by atoms with E-state index in [-0.39, 0.29) is 5.54 Å². The molecule has 0 amide bonds. The first-order valence-corrected chi connectivity index (χ1v) is 6.62. The van der Waals surface area contributed by atoms with E-state index in [0.29, 0.717) is 0 Å². The minimum absolute atomic E-state index is 0.115. The highest BCUT2D eigenvalue weighted by molar-refractivity contribution is 7.80. The van der Waals surface area contributed by atoms with Gasteiger partial charge in [-0.2, -0.15) is 0 Å². The second-order valence-corrected chi connectivity index (χ2v) is 4.61. The smallest absolute Gasteiger partial charge is 0.166 e. The summed E-state index contributed by atoms with van der Waals surface area (Å²) in [4.78, 5) is 0. The van der Waals surface area contributed by atoms with E-state index in [0.717, 1.165) is 44.1 Å². The monoisotopic (exact) mass is 246 g/mol. The summed E-state index contributed by atoms with van der Waals surface area (Å²) in [5.41, 5.74) is 0.115. The highest BCUT2D eigenvalue weighted by atomic mass is 32.1. The van der Waals surface area contributed by atoms with Crippen molar-refractivity contribution >= 4 is 17.3 Å². The first-order valence-electron chi connectivity index (χ1n) is 6.21. The molecular weight excluding hydrogens is 220 g/mol. The molecule has 0 bridgehead atoms. The Morgan fingerprint density at radius 1 is 1.25 bits per heavy atom. The van der Waals surface area contributed by atoms with Crippen LogP contribution < -0.4 is 10.6 Å². The Morgan fingerprint density at radius 2 is 1.88 bits per heavy atom. The van der Waals surface area contributed by atoms with Crippen LogP contribution in [0.15, 0.2) is 0 Å². The second-order valence-electron chi connectivity index (χ2n) is 4.20.